The van der Waals surface area contributed by atoms with Crippen molar-refractivity contribution in [2.24, 2.45) is 17.6 Å². The molecular formula is C26H28FN5O. The van der Waals surface area contributed by atoms with Crippen molar-refractivity contribution in [1.29, 1.82) is 0 Å². The van der Waals surface area contributed by atoms with Crippen molar-refractivity contribution in [1.82, 2.24) is 9.97 Å². The van der Waals surface area contributed by atoms with Gasteiger partial charge in [0.05, 0.1) is 5.69 Å². The summed E-state index contributed by atoms with van der Waals surface area (Å²) in [5.74, 6) is 2.45. The Kier molecular flexibility index (Phi) is 4.76. The number of piperidine rings is 1. The van der Waals surface area contributed by atoms with E-state index in [0.717, 1.165) is 65.4 Å². The number of fused-ring (bicyclic) bond motifs is 4. The molecular weight excluding hydrogens is 417 g/mol. The molecule has 6 nitrogen and oxygen atoms in total. The molecule has 0 spiro atoms. The molecule has 3 aromatic rings. The Bertz CT molecular complexity index is 1250. The minimum absolute atomic E-state index is 0.247. The summed E-state index contributed by atoms with van der Waals surface area (Å²) in [5.41, 5.74) is 11.9. The third kappa shape index (κ3) is 3.42. The Hall–Kier alpha value is -3.19. The van der Waals surface area contributed by atoms with Gasteiger partial charge in [-0.2, -0.15) is 9.97 Å². The largest absolute Gasteiger partial charge is 0.424 e. The second-order valence-corrected chi connectivity index (χ2v) is 9.53. The van der Waals surface area contributed by atoms with Crippen molar-refractivity contribution >= 4 is 11.5 Å². The maximum absolute atomic E-state index is 14.5. The maximum atomic E-state index is 14.5. The zero-order chi connectivity index (χ0) is 22.7. The van der Waals surface area contributed by atoms with Gasteiger partial charge in [-0.05, 0) is 72.6 Å². The van der Waals surface area contributed by atoms with Crippen molar-refractivity contribution in [2.75, 3.05) is 30.4 Å². The van der Waals surface area contributed by atoms with Crippen LogP contribution in [0.15, 0.2) is 36.4 Å². The molecule has 3 unspecified atom stereocenters. The van der Waals surface area contributed by atoms with E-state index in [1.165, 1.54) is 0 Å². The van der Waals surface area contributed by atoms with Gasteiger partial charge in [0.2, 0.25) is 0 Å². The lowest BCUT2D eigenvalue weighted by Crippen LogP contribution is -2.57. The van der Waals surface area contributed by atoms with Crippen molar-refractivity contribution in [2.45, 2.75) is 32.2 Å². The van der Waals surface area contributed by atoms with Gasteiger partial charge in [0.15, 0.2) is 0 Å². The van der Waals surface area contributed by atoms with Gasteiger partial charge in [0, 0.05) is 43.9 Å². The molecule has 3 aliphatic rings. The zero-order valence-corrected chi connectivity index (χ0v) is 18.9. The molecule has 2 fully saturated rings. The van der Waals surface area contributed by atoms with Crippen LogP contribution in [0.3, 0.4) is 0 Å². The Balaban J connectivity index is 1.46. The molecule has 2 aromatic carbocycles. The van der Waals surface area contributed by atoms with E-state index >= 15 is 0 Å². The van der Waals surface area contributed by atoms with Crippen LogP contribution in [0.25, 0.3) is 11.1 Å². The van der Waals surface area contributed by atoms with Crippen LogP contribution in [0.2, 0.25) is 0 Å². The van der Waals surface area contributed by atoms with E-state index in [9.17, 15) is 4.39 Å². The summed E-state index contributed by atoms with van der Waals surface area (Å²) in [6.07, 6.45) is 2.82. The van der Waals surface area contributed by atoms with E-state index in [4.69, 9.17) is 20.4 Å². The van der Waals surface area contributed by atoms with Crippen molar-refractivity contribution in [3.63, 3.8) is 0 Å². The van der Waals surface area contributed by atoms with Gasteiger partial charge in [-0.3, -0.25) is 0 Å². The Morgan fingerprint density at radius 1 is 1.21 bits per heavy atom. The smallest absolute Gasteiger partial charge is 0.324 e. The number of benzene rings is 2. The van der Waals surface area contributed by atoms with Gasteiger partial charge >= 0.3 is 6.01 Å². The number of rotatable bonds is 4. The number of anilines is 2. The molecule has 2 heterocycles. The number of ether oxygens (including phenoxy) is 1. The first-order chi connectivity index (χ1) is 16.0. The minimum Gasteiger partial charge on any atom is -0.424 e. The molecule has 7 heteroatoms. The van der Waals surface area contributed by atoms with Crippen LogP contribution in [0.1, 0.15) is 29.7 Å². The van der Waals surface area contributed by atoms with Crippen molar-refractivity contribution in [3.8, 4) is 22.9 Å². The average Bonchev–Trinajstić information content (AvgIpc) is 3.15. The molecule has 3 N–H and O–H groups in total. The van der Waals surface area contributed by atoms with Crippen LogP contribution < -0.4 is 20.7 Å². The van der Waals surface area contributed by atoms with Gasteiger partial charge in [-0.1, -0.05) is 12.1 Å². The highest BCUT2D eigenvalue weighted by Gasteiger charge is 2.43. The predicted octanol–water partition coefficient (Wildman–Crippen LogP) is 4.50. The van der Waals surface area contributed by atoms with Crippen LogP contribution in [0.5, 0.6) is 11.8 Å². The first-order valence-corrected chi connectivity index (χ1v) is 11.7. The number of hydrogen-bond acceptors (Lipinski definition) is 6. The first-order valence-electron chi connectivity index (χ1n) is 11.7. The second kappa shape index (κ2) is 7.70. The molecule has 0 radical (unpaired) electrons. The summed E-state index contributed by atoms with van der Waals surface area (Å²) >= 11 is 0. The Morgan fingerprint density at radius 2 is 2.09 bits per heavy atom. The monoisotopic (exact) mass is 445 g/mol. The predicted molar refractivity (Wildman–Crippen MR) is 127 cm³/mol. The normalized spacial score (nSPS) is 22.8. The molecule has 6 rings (SSSR count). The molecule has 170 valence electrons. The number of aryl methyl sites for hydroxylation is 1. The number of halogens is 1. The minimum atomic E-state index is -0.267. The SMILES string of the molecule is CNc1cc(F)cc2c1Cc1nc(Oc3cccc(C)c3)nc(N3CCC4CC(N)C4C3)c1-2. The number of nitrogens with one attached hydrogen (secondary N) is 1. The quantitative estimate of drug-likeness (QED) is 0.482. The van der Waals surface area contributed by atoms with Gasteiger partial charge in [-0.15, -0.1) is 0 Å². The van der Waals surface area contributed by atoms with Gasteiger partial charge in [0.25, 0.3) is 0 Å². The Morgan fingerprint density at radius 3 is 2.88 bits per heavy atom. The summed E-state index contributed by atoms with van der Waals surface area (Å²) in [6.45, 7) is 3.80. The highest BCUT2D eigenvalue weighted by molar-refractivity contribution is 5.88. The van der Waals surface area contributed by atoms with E-state index in [2.05, 4.69) is 10.2 Å². The zero-order valence-electron chi connectivity index (χ0n) is 18.9. The molecule has 2 aliphatic carbocycles. The fraction of sp³-hybridized carbons (Fsp3) is 0.385. The molecule has 1 saturated carbocycles. The number of hydrogen-bond donors (Lipinski definition) is 2. The van der Waals surface area contributed by atoms with E-state index in [-0.39, 0.29) is 11.9 Å². The van der Waals surface area contributed by atoms with Gasteiger partial charge < -0.3 is 20.7 Å². The summed E-state index contributed by atoms with van der Waals surface area (Å²) in [6, 6.07) is 11.6. The fourth-order valence-electron chi connectivity index (χ4n) is 5.70. The lowest BCUT2D eigenvalue weighted by molar-refractivity contribution is 0.110. The molecule has 33 heavy (non-hydrogen) atoms. The fourth-order valence-corrected chi connectivity index (χ4v) is 5.70. The summed E-state index contributed by atoms with van der Waals surface area (Å²) in [7, 11) is 1.82. The van der Waals surface area contributed by atoms with E-state index in [1.54, 1.807) is 12.1 Å². The van der Waals surface area contributed by atoms with E-state index in [1.807, 2.05) is 38.2 Å². The van der Waals surface area contributed by atoms with E-state index < -0.39 is 0 Å². The third-order valence-electron chi connectivity index (χ3n) is 7.47. The molecule has 0 amide bonds. The highest BCUT2D eigenvalue weighted by atomic mass is 19.1. The molecule has 1 aromatic heterocycles. The number of nitrogens with zero attached hydrogens (tertiary/aromatic N) is 3. The average molecular weight is 446 g/mol. The lowest BCUT2D eigenvalue weighted by Gasteiger charge is -2.50. The van der Waals surface area contributed by atoms with Crippen molar-refractivity contribution in [3.05, 3.63) is 59.0 Å². The summed E-state index contributed by atoms with van der Waals surface area (Å²) < 4.78 is 20.6. The second-order valence-electron chi connectivity index (χ2n) is 9.53. The number of aromatic nitrogens is 2. The molecule has 1 saturated heterocycles. The summed E-state index contributed by atoms with van der Waals surface area (Å²) in [5, 5.41) is 3.14. The van der Waals surface area contributed by atoms with Crippen molar-refractivity contribution < 1.29 is 9.13 Å². The summed E-state index contributed by atoms with van der Waals surface area (Å²) in [4.78, 5) is 12.0. The van der Waals surface area contributed by atoms with Gasteiger partial charge in [-0.25, -0.2) is 4.39 Å². The molecule has 0 bridgehead atoms. The number of nitrogens with two attached hydrogens (primary N) is 1. The Labute approximate surface area is 193 Å². The topological polar surface area (TPSA) is 76.3 Å². The van der Waals surface area contributed by atoms with Crippen LogP contribution >= 0.6 is 0 Å². The molecule has 1 aliphatic heterocycles. The lowest BCUT2D eigenvalue weighted by atomic mass is 9.66. The highest BCUT2D eigenvalue weighted by Crippen LogP contribution is 2.48. The van der Waals surface area contributed by atoms with Crippen LogP contribution in [-0.4, -0.2) is 36.1 Å². The standard InChI is InChI=1S/C26H28FN5O/c1-14-4-3-5-17(8-14)33-26-30-23-12-18-19(10-16(27)11-22(18)29-2)24(23)25(31-26)32-7-6-15-9-21(28)20(15)13-32/h3-5,8,10-11,15,20-21,29H,6-7,9,12-13,28H2,1-2H3. The first kappa shape index (κ1) is 20.4. The van der Waals surface area contributed by atoms with E-state index in [0.29, 0.717) is 30.0 Å². The van der Waals surface area contributed by atoms with Gasteiger partial charge in [0.1, 0.15) is 17.4 Å². The maximum Gasteiger partial charge on any atom is 0.324 e. The molecule has 3 atom stereocenters. The third-order valence-corrected chi connectivity index (χ3v) is 7.47. The van der Waals surface area contributed by atoms with Crippen LogP contribution in [0, 0.1) is 24.6 Å². The van der Waals surface area contributed by atoms with Crippen LogP contribution in [0.4, 0.5) is 15.9 Å². The van der Waals surface area contributed by atoms with Crippen LogP contribution in [-0.2, 0) is 6.42 Å².